The second-order valence-electron chi connectivity index (χ2n) is 4.38. The van der Waals surface area contributed by atoms with Crippen molar-refractivity contribution in [3.63, 3.8) is 0 Å². The number of hydrogen-bond donors (Lipinski definition) is 1. The van der Waals surface area contributed by atoms with Crippen LogP contribution in [-0.4, -0.2) is 9.78 Å². The van der Waals surface area contributed by atoms with E-state index in [0.29, 0.717) is 10.8 Å². The van der Waals surface area contributed by atoms with Crippen LogP contribution in [0.5, 0.6) is 0 Å². The number of thiophene rings is 1. The van der Waals surface area contributed by atoms with Crippen LogP contribution < -0.4 is 5.73 Å². The number of aryl methyl sites for hydroxylation is 1. The fourth-order valence-corrected chi connectivity index (χ4v) is 3.34. The largest absolute Gasteiger partial charge is 0.383 e. The molecule has 3 aromatic rings. The molecule has 3 rings (SSSR count). The summed E-state index contributed by atoms with van der Waals surface area (Å²) in [6.07, 6.45) is 0. The van der Waals surface area contributed by atoms with Gasteiger partial charge in [0.2, 0.25) is 0 Å². The summed E-state index contributed by atoms with van der Waals surface area (Å²) in [5, 5.41) is 7.30. The summed E-state index contributed by atoms with van der Waals surface area (Å²) in [7, 11) is 1.85. The van der Waals surface area contributed by atoms with Crippen molar-refractivity contribution in [1.82, 2.24) is 9.78 Å². The highest BCUT2D eigenvalue weighted by Gasteiger charge is 2.18. The van der Waals surface area contributed by atoms with Crippen molar-refractivity contribution in [2.75, 3.05) is 5.73 Å². The molecule has 0 radical (unpaired) electrons. The van der Waals surface area contributed by atoms with Gasteiger partial charge in [-0.25, -0.2) is 0 Å². The summed E-state index contributed by atoms with van der Waals surface area (Å²) in [5.74, 6) is 0.643. The fraction of sp³-hybridized carbons (Fsp3) is 0.0714. The van der Waals surface area contributed by atoms with Gasteiger partial charge in [0.15, 0.2) is 0 Å². The molecule has 2 heterocycles. The quantitative estimate of drug-likeness (QED) is 0.705. The summed E-state index contributed by atoms with van der Waals surface area (Å²) in [6.45, 7) is 0. The first-order valence-corrected chi connectivity index (χ1v) is 7.94. The third-order valence-electron chi connectivity index (χ3n) is 3.07. The van der Waals surface area contributed by atoms with Gasteiger partial charge in [0.25, 0.3) is 0 Å². The molecular weight excluding hydrogens is 358 g/mol. The van der Waals surface area contributed by atoms with Crippen molar-refractivity contribution in [3.05, 3.63) is 44.5 Å². The molecule has 0 fully saturated rings. The van der Waals surface area contributed by atoms with E-state index in [1.54, 1.807) is 16.0 Å². The fourth-order valence-electron chi connectivity index (χ4n) is 2.07. The molecule has 0 atom stereocenters. The number of nitrogens with two attached hydrogens (primary N) is 1. The van der Waals surface area contributed by atoms with Gasteiger partial charge in [-0.1, -0.05) is 23.7 Å². The van der Waals surface area contributed by atoms with Crippen molar-refractivity contribution >= 4 is 44.7 Å². The van der Waals surface area contributed by atoms with Crippen LogP contribution in [0.1, 0.15) is 0 Å². The van der Waals surface area contributed by atoms with Gasteiger partial charge in [0.1, 0.15) is 11.5 Å². The summed E-state index contributed by atoms with van der Waals surface area (Å²) in [6, 6.07) is 9.68. The van der Waals surface area contributed by atoms with E-state index < -0.39 is 0 Å². The standard InChI is InChI=1S/C14H11BrClN3S/c1-19-14(17)12(8-2-4-10(16)5-3-8)13(18-19)9-6-11(15)20-7-9/h2-7H,17H2,1H3. The Balaban J connectivity index is 2.21. The Bertz CT molecular complexity index is 761. The van der Waals surface area contributed by atoms with E-state index in [9.17, 15) is 0 Å². The lowest BCUT2D eigenvalue weighted by atomic mass is 10.0. The maximum atomic E-state index is 6.18. The Labute approximate surface area is 134 Å². The zero-order valence-corrected chi connectivity index (χ0v) is 13.8. The van der Waals surface area contributed by atoms with Gasteiger partial charge in [-0.05, 0) is 39.7 Å². The topological polar surface area (TPSA) is 43.8 Å². The van der Waals surface area contributed by atoms with E-state index >= 15 is 0 Å². The third-order valence-corrected chi connectivity index (χ3v) is 4.82. The SMILES string of the molecule is Cn1nc(-c2csc(Br)c2)c(-c2ccc(Cl)cc2)c1N. The average Bonchev–Trinajstić information content (AvgIpc) is 2.97. The van der Waals surface area contributed by atoms with E-state index in [-0.39, 0.29) is 0 Å². The minimum atomic E-state index is 0.643. The number of nitrogens with zero attached hydrogens (tertiary/aromatic N) is 2. The lowest BCUT2D eigenvalue weighted by molar-refractivity contribution is 0.782. The molecule has 0 saturated carbocycles. The van der Waals surface area contributed by atoms with Crippen LogP contribution in [0.2, 0.25) is 5.02 Å². The summed E-state index contributed by atoms with van der Waals surface area (Å²) >= 11 is 11.1. The van der Waals surface area contributed by atoms with Crippen LogP contribution >= 0.6 is 38.9 Å². The molecule has 3 nitrogen and oxygen atoms in total. The van der Waals surface area contributed by atoms with E-state index in [4.69, 9.17) is 17.3 Å². The lowest BCUT2D eigenvalue weighted by Gasteiger charge is -2.03. The Hall–Kier alpha value is -1.30. The molecule has 0 aliphatic heterocycles. The van der Waals surface area contributed by atoms with E-state index in [1.807, 2.05) is 37.4 Å². The highest BCUT2D eigenvalue weighted by Crippen LogP contribution is 2.38. The van der Waals surface area contributed by atoms with Crippen LogP contribution in [-0.2, 0) is 7.05 Å². The molecule has 102 valence electrons. The second kappa shape index (κ2) is 5.24. The van der Waals surface area contributed by atoms with E-state index in [0.717, 1.165) is 26.2 Å². The molecule has 2 aromatic heterocycles. The average molecular weight is 369 g/mol. The molecular formula is C14H11BrClN3S. The van der Waals surface area contributed by atoms with Gasteiger partial charge in [0.05, 0.1) is 9.35 Å². The van der Waals surface area contributed by atoms with Gasteiger partial charge < -0.3 is 5.73 Å². The van der Waals surface area contributed by atoms with Crippen LogP contribution in [0.15, 0.2) is 39.5 Å². The number of nitrogen functional groups attached to an aromatic ring is 1. The van der Waals surface area contributed by atoms with Crippen molar-refractivity contribution in [3.8, 4) is 22.4 Å². The molecule has 0 amide bonds. The molecule has 0 unspecified atom stereocenters. The van der Waals surface area contributed by atoms with Gasteiger partial charge in [-0.3, -0.25) is 4.68 Å². The van der Waals surface area contributed by atoms with Crippen LogP contribution in [0.3, 0.4) is 0 Å². The first-order chi connectivity index (χ1) is 9.56. The smallest absolute Gasteiger partial charge is 0.129 e. The predicted molar refractivity (Wildman–Crippen MR) is 89.1 cm³/mol. The Morgan fingerprint density at radius 3 is 2.55 bits per heavy atom. The monoisotopic (exact) mass is 367 g/mol. The molecule has 1 aromatic carbocycles. The Morgan fingerprint density at radius 2 is 1.95 bits per heavy atom. The molecule has 0 saturated heterocycles. The van der Waals surface area contributed by atoms with E-state index in [1.165, 1.54) is 0 Å². The van der Waals surface area contributed by atoms with E-state index in [2.05, 4.69) is 26.4 Å². The van der Waals surface area contributed by atoms with Crippen molar-refractivity contribution in [2.45, 2.75) is 0 Å². The Kier molecular flexibility index (Phi) is 3.58. The highest BCUT2D eigenvalue weighted by atomic mass is 79.9. The number of anilines is 1. The second-order valence-corrected chi connectivity index (χ2v) is 7.11. The summed E-state index contributed by atoms with van der Waals surface area (Å²) in [5.41, 5.74) is 10.1. The van der Waals surface area contributed by atoms with Crippen molar-refractivity contribution in [1.29, 1.82) is 0 Å². The predicted octanol–water partition coefficient (Wildman–Crippen LogP) is 4.81. The molecule has 0 aliphatic carbocycles. The maximum Gasteiger partial charge on any atom is 0.129 e. The number of rotatable bonds is 2. The number of halogens is 2. The summed E-state index contributed by atoms with van der Waals surface area (Å²) < 4.78 is 2.77. The zero-order chi connectivity index (χ0) is 14.3. The number of aromatic nitrogens is 2. The molecule has 0 spiro atoms. The van der Waals surface area contributed by atoms with Crippen molar-refractivity contribution in [2.24, 2.45) is 7.05 Å². The number of benzene rings is 1. The normalized spacial score (nSPS) is 10.9. The van der Waals surface area contributed by atoms with Crippen LogP contribution in [0, 0.1) is 0 Å². The van der Waals surface area contributed by atoms with Crippen LogP contribution in [0.4, 0.5) is 5.82 Å². The van der Waals surface area contributed by atoms with Crippen LogP contribution in [0.25, 0.3) is 22.4 Å². The molecule has 6 heteroatoms. The Morgan fingerprint density at radius 1 is 1.25 bits per heavy atom. The first-order valence-electron chi connectivity index (χ1n) is 5.89. The maximum absolute atomic E-state index is 6.18. The molecule has 2 N–H and O–H groups in total. The zero-order valence-electron chi connectivity index (χ0n) is 10.6. The first kappa shape index (κ1) is 13.7. The minimum absolute atomic E-state index is 0.643. The molecule has 0 aliphatic rings. The van der Waals surface area contributed by atoms with Gasteiger partial charge in [-0.15, -0.1) is 11.3 Å². The highest BCUT2D eigenvalue weighted by molar-refractivity contribution is 9.11. The van der Waals surface area contributed by atoms with Gasteiger partial charge >= 0.3 is 0 Å². The lowest BCUT2D eigenvalue weighted by Crippen LogP contribution is -1.97. The molecule has 20 heavy (non-hydrogen) atoms. The van der Waals surface area contributed by atoms with Crippen molar-refractivity contribution < 1.29 is 0 Å². The van der Waals surface area contributed by atoms with Gasteiger partial charge in [-0.2, -0.15) is 5.10 Å². The number of hydrogen-bond acceptors (Lipinski definition) is 3. The minimum Gasteiger partial charge on any atom is -0.383 e. The van der Waals surface area contributed by atoms with Gasteiger partial charge in [0, 0.05) is 23.0 Å². The third kappa shape index (κ3) is 2.37. The molecule has 0 bridgehead atoms. The summed E-state index contributed by atoms with van der Waals surface area (Å²) in [4.78, 5) is 0.